The van der Waals surface area contributed by atoms with E-state index in [2.05, 4.69) is 5.43 Å². The summed E-state index contributed by atoms with van der Waals surface area (Å²) in [6, 6.07) is 2.96. The molecule has 0 bridgehead atoms. The van der Waals surface area contributed by atoms with Crippen molar-refractivity contribution in [1.29, 1.82) is 0 Å². The normalized spacial score (nSPS) is 12.6. The molecule has 0 heterocycles. The molecule has 0 aliphatic carbocycles. The number of hydrazine groups is 1. The minimum atomic E-state index is -0.461. The number of anilines is 1. The highest BCUT2D eigenvalue weighted by Gasteiger charge is 2.08. The van der Waals surface area contributed by atoms with Crippen molar-refractivity contribution in [3.63, 3.8) is 0 Å². The van der Waals surface area contributed by atoms with E-state index in [1.807, 2.05) is 6.92 Å². The van der Waals surface area contributed by atoms with Crippen molar-refractivity contribution in [2.75, 3.05) is 5.43 Å². The molecule has 1 aromatic carbocycles. The van der Waals surface area contributed by atoms with Crippen LogP contribution in [0.4, 0.5) is 10.1 Å². The van der Waals surface area contributed by atoms with Gasteiger partial charge in [-0.15, -0.1) is 0 Å². The molecule has 1 rings (SSSR count). The van der Waals surface area contributed by atoms with Crippen LogP contribution in [0.2, 0.25) is 0 Å². The first-order valence-electron chi connectivity index (χ1n) is 5.42. The summed E-state index contributed by atoms with van der Waals surface area (Å²) < 4.78 is 19.1. The van der Waals surface area contributed by atoms with Gasteiger partial charge < -0.3 is 10.2 Å². The second-order valence-corrected chi connectivity index (χ2v) is 4.21. The molecule has 0 aliphatic rings. The number of halogens is 2. The molecule has 0 fully saturated rings. The Morgan fingerprint density at radius 3 is 2.67 bits per heavy atom. The minimum absolute atomic E-state index is 0.260. The number of ether oxygens (including phenoxy) is 1. The molecule has 1 aromatic rings. The lowest BCUT2D eigenvalue weighted by atomic mass is 10.2. The zero-order valence-electron chi connectivity index (χ0n) is 10.6. The summed E-state index contributed by atoms with van der Waals surface area (Å²) in [6.07, 6.45) is 3.39. The number of hydrogen-bond acceptors (Lipinski definition) is 3. The van der Waals surface area contributed by atoms with Gasteiger partial charge in [0.15, 0.2) is 5.82 Å². The Balaban J connectivity index is 2.96. The number of rotatable bonds is 4. The van der Waals surface area contributed by atoms with Crippen molar-refractivity contribution >= 4 is 17.3 Å². The van der Waals surface area contributed by atoms with Crippen LogP contribution in [0, 0.1) is 12.7 Å². The highest BCUT2D eigenvalue weighted by atomic mass is 35.5. The summed E-state index contributed by atoms with van der Waals surface area (Å²) >= 11 is 5.84. The van der Waals surface area contributed by atoms with Crippen molar-refractivity contribution < 1.29 is 9.13 Å². The van der Waals surface area contributed by atoms with E-state index in [1.165, 1.54) is 6.07 Å². The molecule has 0 amide bonds. The van der Waals surface area contributed by atoms with Gasteiger partial charge in [0.05, 0.1) is 5.69 Å². The molecule has 0 saturated heterocycles. The first-order chi connectivity index (χ1) is 8.47. The zero-order chi connectivity index (χ0) is 13.7. The predicted molar refractivity (Wildman–Crippen MR) is 72.9 cm³/mol. The maximum Gasteiger partial charge on any atom is 0.151 e. The van der Waals surface area contributed by atoms with Crippen LogP contribution < -0.4 is 16.0 Å². The summed E-state index contributed by atoms with van der Waals surface area (Å²) in [5, 5.41) is 0.560. The Morgan fingerprint density at radius 2 is 2.17 bits per heavy atom. The molecule has 0 aliphatic heterocycles. The molecular formula is C13H16ClFN2O. The maximum absolute atomic E-state index is 13.6. The fourth-order valence-electron chi connectivity index (χ4n) is 1.45. The van der Waals surface area contributed by atoms with E-state index in [0.717, 1.165) is 0 Å². The average molecular weight is 271 g/mol. The van der Waals surface area contributed by atoms with Gasteiger partial charge in [0.2, 0.25) is 0 Å². The number of nitrogens with two attached hydrogens (primary N) is 1. The average Bonchev–Trinajstić information content (AvgIpc) is 2.28. The van der Waals surface area contributed by atoms with E-state index in [-0.39, 0.29) is 5.69 Å². The van der Waals surface area contributed by atoms with Crippen LogP contribution in [0.15, 0.2) is 35.1 Å². The highest BCUT2D eigenvalue weighted by molar-refractivity contribution is 6.31. The third kappa shape index (κ3) is 3.75. The molecule has 0 atom stereocenters. The third-order valence-corrected chi connectivity index (χ3v) is 2.63. The molecule has 0 unspecified atom stereocenters. The van der Waals surface area contributed by atoms with Crippen LogP contribution in [0.5, 0.6) is 5.75 Å². The van der Waals surface area contributed by atoms with Crippen LogP contribution >= 0.6 is 11.6 Å². The van der Waals surface area contributed by atoms with Gasteiger partial charge >= 0.3 is 0 Å². The fraction of sp³-hybridized carbons (Fsp3) is 0.231. The molecule has 0 spiro atoms. The van der Waals surface area contributed by atoms with Crippen LogP contribution in [0.3, 0.4) is 0 Å². The Kier molecular flexibility index (Phi) is 5.19. The van der Waals surface area contributed by atoms with Gasteiger partial charge in [-0.3, -0.25) is 5.84 Å². The lowest BCUT2D eigenvalue weighted by Crippen LogP contribution is -2.10. The van der Waals surface area contributed by atoms with E-state index in [0.29, 0.717) is 22.1 Å². The second-order valence-electron chi connectivity index (χ2n) is 3.77. The molecule has 3 N–H and O–H groups in total. The number of nitrogen functional groups attached to an aromatic ring is 1. The van der Waals surface area contributed by atoms with Gasteiger partial charge in [0.1, 0.15) is 11.5 Å². The van der Waals surface area contributed by atoms with Gasteiger partial charge in [-0.2, -0.15) is 0 Å². The van der Waals surface area contributed by atoms with E-state index in [9.17, 15) is 4.39 Å². The topological polar surface area (TPSA) is 47.3 Å². The first-order valence-corrected chi connectivity index (χ1v) is 5.80. The van der Waals surface area contributed by atoms with Crippen LogP contribution in [-0.2, 0) is 0 Å². The molecule has 0 aromatic heterocycles. The van der Waals surface area contributed by atoms with Crippen LogP contribution in [0.25, 0.3) is 0 Å². The van der Waals surface area contributed by atoms with E-state index < -0.39 is 5.82 Å². The largest absolute Gasteiger partial charge is 0.462 e. The summed E-state index contributed by atoms with van der Waals surface area (Å²) in [6.45, 7) is 5.30. The van der Waals surface area contributed by atoms with Gasteiger partial charge in [0, 0.05) is 11.1 Å². The van der Waals surface area contributed by atoms with Gasteiger partial charge in [-0.1, -0.05) is 17.7 Å². The molecule has 0 saturated carbocycles. The summed E-state index contributed by atoms with van der Waals surface area (Å²) in [5.41, 5.74) is 3.23. The van der Waals surface area contributed by atoms with Crippen LogP contribution in [0.1, 0.15) is 19.4 Å². The SMILES string of the molecule is C/C=C(Cl)\C=C(/C)Oc1cc(C)c(NN)c(F)c1. The van der Waals surface area contributed by atoms with Gasteiger partial charge in [-0.05, 0) is 38.5 Å². The fourth-order valence-corrected chi connectivity index (χ4v) is 1.60. The molecule has 18 heavy (non-hydrogen) atoms. The van der Waals surface area contributed by atoms with Crippen LogP contribution in [-0.4, -0.2) is 0 Å². The van der Waals surface area contributed by atoms with E-state index >= 15 is 0 Å². The van der Waals surface area contributed by atoms with Crippen molar-refractivity contribution in [3.8, 4) is 5.75 Å². The highest BCUT2D eigenvalue weighted by Crippen LogP contribution is 2.26. The second kappa shape index (κ2) is 6.42. The first kappa shape index (κ1) is 14.5. The monoisotopic (exact) mass is 270 g/mol. The zero-order valence-corrected chi connectivity index (χ0v) is 11.3. The number of benzene rings is 1. The number of hydrogen-bond donors (Lipinski definition) is 2. The summed E-state index contributed by atoms with van der Waals surface area (Å²) in [7, 11) is 0. The van der Waals surface area contributed by atoms with Crippen molar-refractivity contribution in [1.82, 2.24) is 0 Å². The van der Waals surface area contributed by atoms with E-state index in [4.69, 9.17) is 22.2 Å². The lowest BCUT2D eigenvalue weighted by Gasteiger charge is -2.11. The smallest absolute Gasteiger partial charge is 0.151 e. The molecule has 98 valence electrons. The third-order valence-electron chi connectivity index (χ3n) is 2.30. The molecule has 3 nitrogen and oxygen atoms in total. The van der Waals surface area contributed by atoms with Crippen molar-refractivity contribution in [3.05, 3.63) is 46.5 Å². The Morgan fingerprint density at radius 1 is 1.50 bits per heavy atom. The Hall–Kier alpha value is -1.52. The Bertz CT molecular complexity index is 475. The van der Waals surface area contributed by atoms with Gasteiger partial charge in [-0.25, -0.2) is 4.39 Å². The maximum atomic E-state index is 13.6. The van der Waals surface area contributed by atoms with Gasteiger partial charge in [0.25, 0.3) is 0 Å². The Labute approximate surface area is 111 Å². The molecular weight excluding hydrogens is 255 g/mol. The summed E-state index contributed by atoms with van der Waals surface area (Å²) in [5.74, 6) is 5.73. The lowest BCUT2D eigenvalue weighted by molar-refractivity contribution is 0.424. The number of allylic oxidation sites excluding steroid dienone is 4. The summed E-state index contributed by atoms with van der Waals surface area (Å²) in [4.78, 5) is 0. The van der Waals surface area contributed by atoms with Crippen molar-refractivity contribution in [2.24, 2.45) is 5.84 Å². The number of nitrogens with one attached hydrogen (secondary N) is 1. The molecule has 5 heteroatoms. The standard InChI is InChI=1S/C13H16ClFN2O/c1-4-10(14)6-9(3)18-11-5-8(2)13(17-16)12(15)7-11/h4-7,17H,16H2,1-3H3/b9-6+,10-4+. The quantitative estimate of drug-likeness (QED) is 0.378. The van der Waals surface area contributed by atoms with E-state index in [1.54, 1.807) is 32.1 Å². The van der Waals surface area contributed by atoms with Crippen molar-refractivity contribution in [2.45, 2.75) is 20.8 Å². The predicted octanol–water partition coefficient (Wildman–Crippen LogP) is 3.84. The molecule has 0 radical (unpaired) electrons. The number of aryl methyl sites for hydroxylation is 1. The minimum Gasteiger partial charge on any atom is -0.462 e.